The third-order valence-corrected chi connectivity index (χ3v) is 2.89. The van der Waals surface area contributed by atoms with E-state index in [1.807, 2.05) is 31.2 Å². The fourth-order valence-electron chi connectivity index (χ4n) is 1.88. The molecule has 0 atom stereocenters. The summed E-state index contributed by atoms with van der Waals surface area (Å²) in [4.78, 5) is 10.9. The Hall–Kier alpha value is -2.49. The Morgan fingerprint density at radius 1 is 1.15 bits per heavy atom. The molecule has 0 heterocycles. The van der Waals surface area contributed by atoms with Crippen LogP contribution < -0.4 is 9.47 Å². The van der Waals surface area contributed by atoms with Crippen LogP contribution in [0.4, 0.5) is 0 Å². The summed E-state index contributed by atoms with van der Waals surface area (Å²) < 4.78 is 10.8. The molecule has 0 saturated carbocycles. The van der Waals surface area contributed by atoms with E-state index < -0.39 is 5.97 Å². The van der Waals surface area contributed by atoms with Gasteiger partial charge in [0.2, 0.25) is 0 Å². The molecule has 0 bridgehead atoms. The van der Waals surface area contributed by atoms with E-state index in [9.17, 15) is 4.79 Å². The van der Waals surface area contributed by atoms with Crippen LogP contribution in [-0.2, 0) is 6.61 Å². The smallest absolute Gasteiger partial charge is 0.335 e. The van der Waals surface area contributed by atoms with Crippen molar-refractivity contribution in [3.63, 3.8) is 0 Å². The van der Waals surface area contributed by atoms with E-state index in [-0.39, 0.29) is 5.56 Å². The van der Waals surface area contributed by atoms with Crippen LogP contribution in [0.15, 0.2) is 42.5 Å². The van der Waals surface area contributed by atoms with Crippen molar-refractivity contribution in [3.05, 3.63) is 59.2 Å². The number of carboxylic acid groups (broad SMARTS) is 1. The molecule has 0 aliphatic heterocycles. The lowest BCUT2D eigenvalue weighted by atomic mass is 10.1. The summed E-state index contributed by atoms with van der Waals surface area (Å²) in [6.45, 7) is 2.43. The second kappa shape index (κ2) is 6.10. The first-order valence-electron chi connectivity index (χ1n) is 6.20. The van der Waals surface area contributed by atoms with E-state index in [4.69, 9.17) is 14.6 Å². The Balaban J connectivity index is 2.15. The second-order valence-electron chi connectivity index (χ2n) is 4.45. The fraction of sp³-hybridized carbons (Fsp3) is 0.188. The van der Waals surface area contributed by atoms with Gasteiger partial charge in [-0.1, -0.05) is 29.8 Å². The van der Waals surface area contributed by atoms with Gasteiger partial charge >= 0.3 is 5.97 Å². The molecule has 0 fully saturated rings. The molecule has 0 aliphatic rings. The van der Waals surface area contributed by atoms with E-state index in [1.165, 1.54) is 24.8 Å². The van der Waals surface area contributed by atoms with Gasteiger partial charge in [-0.05, 0) is 30.7 Å². The molecule has 4 heteroatoms. The summed E-state index contributed by atoms with van der Waals surface area (Å²) in [6.07, 6.45) is 0. The maximum Gasteiger partial charge on any atom is 0.335 e. The van der Waals surface area contributed by atoms with Gasteiger partial charge in [0.15, 0.2) is 11.5 Å². The van der Waals surface area contributed by atoms with Gasteiger partial charge in [0.05, 0.1) is 12.7 Å². The Bertz CT molecular complexity index is 620. The standard InChI is InChI=1S/C16H16O4/c1-11-4-3-5-12(8-11)10-20-14-7-6-13(16(17)18)9-15(14)19-2/h3-9H,10H2,1-2H3,(H,17,18). The highest BCUT2D eigenvalue weighted by Crippen LogP contribution is 2.28. The third kappa shape index (κ3) is 3.29. The highest BCUT2D eigenvalue weighted by molar-refractivity contribution is 5.88. The maximum atomic E-state index is 10.9. The zero-order chi connectivity index (χ0) is 14.5. The molecule has 2 aromatic carbocycles. The highest BCUT2D eigenvalue weighted by atomic mass is 16.5. The van der Waals surface area contributed by atoms with Gasteiger partial charge in [-0.3, -0.25) is 0 Å². The SMILES string of the molecule is COc1cc(C(=O)O)ccc1OCc1cccc(C)c1. The van der Waals surface area contributed by atoms with Crippen LogP contribution in [0.1, 0.15) is 21.5 Å². The first-order chi connectivity index (χ1) is 9.60. The van der Waals surface area contributed by atoms with Gasteiger partial charge < -0.3 is 14.6 Å². The van der Waals surface area contributed by atoms with Crippen molar-refractivity contribution in [3.8, 4) is 11.5 Å². The van der Waals surface area contributed by atoms with Crippen LogP contribution >= 0.6 is 0 Å². The summed E-state index contributed by atoms with van der Waals surface area (Å²) in [7, 11) is 1.49. The van der Waals surface area contributed by atoms with Gasteiger partial charge in [0, 0.05) is 0 Å². The average molecular weight is 272 g/mol. The molecule has 0 aromatic heterocycles. The topological polar surface area (TPSA) is 55.8 Å². The minimum absolute atomic E-state index is 0.171. The molecule has 20 heavy (non-hydrogen) atoms. The van der Waals surface area contributed by atoms with Crippen molar-refractivity contribution in [1.82, 2.24) is 0 Å². The second-order valence-corrected chi connectivity index (χ2v) is 4.45. The lowest BCUT2D eigenvalue weighted by Gasteiger charge is -2.11. The van der Waals surface area contributed by atoms with Gasteiger partial charge in [0.25, 0.3) is 0 Å². The van der Waals surface area contributed by atoms with Crippen LogP contribution in [0.25, 0.3) is 0 Å². The predicted octanol–water partition coefficient (Wildman–Crippen LogP) is 3.28. The Kier molecular flexibility index (Phi) is 4.25. The number of benzene rings is 2. The van der Waals surface area contributed by atoms with Gasteiger partial charge in [-0.15, -0.1) is 0 Å². The molecular formula is C16H16O4. The van der Waals surface area contributed by atoms with Crippen molar-refractivity contribution in [2.45, 2.75) is 13.5 Å². The predicted molar refractivity (Wildman–Crippen MR) is 75.5 cm³/mol. The number of hydrogen-bond donors (Lipinski definition) is 1. The number of carbonyl (C=O) groups is 1. The van der Waals surface area contributed by atoms with Crippen LogP contribution in [0.3, 0.4) is 0 Å². The van der Waals surface area contributed by atoms with Gasteiger partial charge in [-0.2, -0.15) is 0 Å². The van der Waals surface area contributed by atoms with E-state index in [2.05, 4.69) is 0 Å². The molecule has 104 valence electrons. The number of carboxylic acids is 1. The molecule has 2 rings (SSSR count). The van der Waals surface area contributed by atoms with Crippen LogP contribution in [-0.4, -0.2) is 18.2 Å². The van der Waals surface area contributed by atoms with Gasteiger partial charge in [0.1, 0.15) is 6.61 Å². The summed E-state index contributed by atoms with van der Waals surface area (Å²) in [5, 5.41) is 8.94. The molecule has 0 amide bonds. The number of hydrogen-bond acceptors (Lipinski definition) is 3. The molecular weight excluding hydrogens is 256 g/mol. The normalized spacial score (nSPS) is 10.1. The largest absolute Gasteiger partial charge is 0.493 e. The molecule has 0 saturated heterocycles. The van der Waals surface area contributed by atoms with Crippen molar-refractivity contribution >= 4 is 5.97 Å². The quantitative estimate of drug-likeness (QED) is 0.907. The molecule has 0 spiro atoms. The van der Waals surface area contributed by atoms with Crippen molar-refractivity contribution in [2.75, 3.05) is 7.11 Å². The van der Waals surface area contributed by atoms with Crippen LogP contribution in [0.5, 0.6) is 11.5 Å². The summed E-state index contributed by atoms with van der Waals surface area (Å²) in [5.41, 5.74) is 2.39. The number of aromatic carboxylic acids is 1. The third-order valence-electron chi connectivity index (χ3n) is 2.89. The van der Waals surface area contributed by atoms with Crippen LogP contribution in [0.2, 0.25) is 0 Å². The average Bonchev–Trinajstić information content (AvgIpc) is 2.45. The van der Waals surface area contributed by atoms with E-state index in [1.54, 1.807) is 6.07 Å². The van der Waals surface area contributed by atoms with E-state index in [0.717, 1.165) is 5.56 Å². The number of aryl methyl sites for hydroxylation is 1. The first-order valence-corrected chi connectivity index (χ1v) is 6.20. The highest BCUT2D eigenvalue weighted by Gasteiger charge is 2.10. The lowest BCUT2D eigenvalue weighted by molar-refractivity contribution is 0.0696. The van der Waals surface area contributed by atoms with Gasteiger partial charge in [-0.25, -0.2) is 4.79 Å². The number of rotatable bonds is 5. The molecule has 1 N–H and O–H groups in total. The summed E-state index contributed by atoms with van der Waals surface area (Å²) in [6, 6.07) is 12.6. The fourth-order valence-corrected chi connectivity index (χ4v) is 1.88. The Morgan fingerprint density at radius 3 is 2.60 bits per heavy atom. The summed E-state index contributed by atoms with van der Waals surface area (Å²) in [5.74, 6) is -0.0508. The first kappa shape index (κ1) is 13.9. The van der Waals surface area contributed by atoms with Crippen LogP contribution in [0, 0.1) is 6.92 Å². The zero-order valence-electron chi connectivity index (χ0n) is 11.4. The molecule has 0 unspecified atom stereocenters. The molecule has 2 aromatic rings. The zero-order valence-corrected chi connectivity index (χ0v) is 11.4. The van der Waals surface area contributed by atoms with Crippen molar-refractivity contribution < 1.29 is 19.4 Å². The van der Waals surface area contributed by atoms with E-state index in [0.29, 0.717) is 18.1 Å². The molecule has 4 nitrogen and oxygen atoms in total. The Morgan fingerprint density at radius 2 is 1.95 bits per heavy atom. The Labute approximate surface area is 117 Å². The lowest BCUT2D eigenvalue weighted by Crippen LogP contribution is -2.01. The van der Waals surface area contributed by atoms with Crippen molar-refractivity contribution in [2.24, 2.45) is 0 Å². The molecule has 0 radical (unpaired) electrons. The van der Waals surface area contributed by atoms with E-state index >= 15 is 0 Å². The summed E-state index contributed by atoms with van der Waals surface area (Å²) >= 11 is 0. The minimum atomic E-state index is -0.992. The molecule has 0 aliphatic carbocycles. The monoisotopic (exact) mass is 272 g/mol. The number of ether oxygens (including phenoxy) is 2. The maximum absolute atomic E-state index is 10.9. The minimum Gasteiger partial charge on any atom is -0.493 e. The van der Waals surface area contributed by atoms with Crippen molar-refractivity contribution in [1.29, 1.82) is 0 Å². The number of methoxy groups -OCH3 is 1.